The molecular formula is C16H13F3N4. The Morgan fingerprint density at radius 3 is 2.52 bits per heavy atom. The first kappa shape index (κ1) is 15.2. The molecule has 0 N–H and O–H groups in total. The molecule has 23 heavy (non-hydrogen) atoms. The minimum Gasteiger partial charge on any atom is -0.366 e. The van der Waals surface area contributed by atoms with Crippen LogP contribution >= 0.6 is 0 Å². The smallest absolute Gasteiger partial charge is 0.366 e. The first-order valence-electron chi connectivity index (χ1n) is 7.07. The molecule has 0 saturated carbocycles. The number of hydrogen-bond acceptors (Lipinski definition) is 2. The molecule has 0 spiro atoms. The van der Waals surface area contributed by atoms with Crippen molar-refractivity contribution in [2.75, 3.05) is 11.4 Å². The average Bonchev–Trinajstić information content (AvgIpc) is 2.54. The molecule has 3 rings (SSSR count). The second kappa shape index (κ2) is 5.85. The van der Waals surface area contributed by atoms with E-state index in [0.717, 1.165) is 11.6 Å². The van der Waals surface area contributed by atoms with Crippen LogP contribution in [0.15, 0.2) is 47.6 Å². The Kier molecular flexibility index (Phi) is 3.88. The van der Waals surface area contributed by atoms with Crippen molar-refractivity contribution >= 4 is 11.4 Å². The lowest BCUT2D eigenvalue weighted by atomic mass is 9.98. The van der Waals surface area contributed by atoms with Crippen molar-refractivity contribution < 1.29 is 13.2 Å². The summed E-state index contributed by atoms with van der Waals surface area (Å²) in [4.78, 5) is 4.26. The third-order valence-electron chi connectivity index (χ3n) is 3.92. The van der Waals surface area contributed by atoms with E-state index in [-0.39, 0.29) is 11.4 Å². The maximum atomic E-state index is 13.4. The van der Waals surface area contributed by atoms with E-state index in [0.29, 0.717) is 19.5 Å². The topological polar surface area (TPSA) is 52.0 Å². The van der Waals surface area contributed by atoms with Gasteiger partial charge in [0.2, 0.25) is 0 Å². The van der Waals surface area contributed by atoms with Crippen LogP contribution in [-0.2, 0) is 19.1 Å². The van der Waals surface area contributed by atoms with Crippen molar-refractivity contribution in [2.24, 2.45) is 5.11 Å². The molecule has 0 radical (unpaired) electrons. The van der Waals surface area contributed by atoms with Gasteiger partial charge in [-0.3, -0.25) is 0 Å². The Labute approximate surface area is 130 Å². The van der Waals surface area contributed by atoms with Crippen molar-refractivity contribution in [3.63, 3.8) is 0 Å². The van der Waals surface area contributed by atoms with Gasteiger partial charge in [0.05, 0.1) is 5.56 Å². The number of benzene rings is 2. The molecule has 0 atom stereocenters. The second-order valence-electron chi connectivity index (χ2n) is 5.33. The first-order chi connectivity index (χ1) is 11.0. The van der Waals surface area contributed by atoms with E-state index in [2.05, 4.69) is 10.0 Å². The Bertz CT molecular complexity index is 779. The van der Waals surface area contributed by atoms with Gasteiger partial charge in [-0.1, -0.05) is 35.4 Å². The van der Waals surface area contributed by atoms with Crippen LogP contribution in [0.25, 0.3) is 10.4 Å². The number of azide groups is 1. The standard InChI is InChI=1S/C16H13F3N4/c17-16(18,19)14-9-13(21-22-20)5-6-15(14)23-8-7-11-3-1-2-4-12(11)10-23/h1-6,9H,7-8,10H2. The van der Waals surface area contributed by atoms with E-state index < -0.39 is 11.7 Å². The van der Waals surface area contributed by atoms with E-state index in [9.17, 15) is 13.2 Å². The number of nitrogens with zero attached hydrogens (tertiary/aromatic N) is 4. The maximum Gasteiger partial charge on any atom is 0.418 e. The maximum absolute atomic E-state index is 13.4. The Hall–Kier alpha value is -2.66. The minimum atomic E-state index is -4.51. The van der Waals surface area contributed by atoms with Gasteiger partial charge in [-0.15, -0.1) is 0 Å². The minimum absolute atomic E-state index is 0.0408. The summed E-state index contributed by atoms with van der Waals surface area (Å²) in [5.41, 5.74) is 9.91. The molecule has 0 saturated heterocycles. The molecule has 1 aliphatic rings. The van der Waals surface area contributed by atoms with E-state index in [1.165, 1.54) is 17.7 Å². The molecule has 4 nitrogen and oxygen atoms in total. The van der Waals surface area contributed by atoms with Crippen LogP contribution in [0, 0.1) is 0 Å². The first-order valence-corrected chi connectivity index (χ1v) is 7.07. The number of fused-ring (bicyclic) bond motifs is 1. The van der Waals surface area contributed by atoms with Crippen molar-refractivity contribution in [2.45, 2.75) is 19.1 Å². The fourth-order valence-electron chi connectivity index (χ4n) is 2.84. The SMILES string of the molecule is [N-]=[N+]=Nc1ccc(N2CCc3ccccc3C2)c(C(F)(F)F)c1. The lowest BCUT2D eigenvalue weighted by Crippen LogP contribution is -2.32. The quantitative estimate of drug-likeness (QED) is 0.426. The van der Waals surface area contributed by atoms with Gasteiger partial charge < -0.3 is 4.90 Å². The zero-order valence-corrected chi connectivity index (χ0v) is 12.1. The summed E-state index contributed by atoms with van der Waals surface area (Å²) < 4.78 is 40.1. The molecule has 0 aliphatic carbocycles. The summed E-state index contributed by atoms with van der Waals surface area (Å²) in [7, 11) is 0. The molecule has 0 bridgehead atoms. The van der Waals surface area contributed by atoms with Gasteiger partial charge in [-0.05, 0) is 35.2 Å². The van der Waals surface area contributed by atoms with Crippen LogP contribution in [0.3, 0.4) is 0 Å². The third kappa shape index (κ3) is 3.10. The molecule has 2 aromatic rings. The summed E-state index contributed by atoms with van der Waals surface area (Å²) in [6, 6.07) is 11.4. The van der Waals surface area contributed by atoms with Gasteiger partial charge in [-0.2, -0.15) is 13.2 Å². The molecule has 0 unspecified atom stereocenters. The predicted octanol–water partition coefficient (Wildman–Crippen LogP) is 5.21. The van der Waals surface area contributed by atoms with Crippen LogP contribution in [0.1, 0.15) is 16.7 Å². The summed E-state index contributed by atoms with van der Waals surface area (Å²) in [6.07, 6.45) is -3.81. The third-order valence-corrected chi connectivity index (χ3v) is 3.92. The highest BCUT2D eigenvalue weighted by molar-refractivity contribution is 5.61. The highest BCUT2D eigenvalue weighted by Crippen LogP contribution is 2.40. The highest BCUT2D eigenvalue weighted by atomic mass is 19.4. The van der Waals surface area contributed by atoms with Crippen LogP contribution in [0.4, 0.5) is 24.5 Å². The predicted molar refractivity (Wildman–Crippen MR) is 81.4 cm³/mol. The van der Waals surface area contributed by atoms with Gasteiger partial charge >= 0.3 is 6.18 Å². The van der Waals surface area contributed by atoms with Crippen molar-refractivity contribution in [1.29, 1.82) is 0 Å². The van der Waals surface area contributed by atoms with Crippen LogP contribution in [-0.4, -0.2) is 6.54 Å². The van der Waals surface area contributed by atoms with Crippen LogP contribution in [0.2, 0.25) is 0 Å². The molecule has 0 fully saturated rings. The van der Waals surface area contributed by atoms with Crippen LogP contribution in [0.5, 0.6) is 0 Å². The van der Waals surface area contributed by atoms with Crippen molar-refractivity contribution in [3.8, 4) is 0 Å². The van der Waals surface area contributed by atoms with Gasteiger partial charge in [0.25, 0.3) is 0 Å². The number of hydrogen-bond donors (Lipinski definition) is 0. The molecule has 7 heteroatoms. The monoisotopic (exact) mass is 318 g/mol. The second-order valence-corrected chi connectivity index (χ2v) is 5.33. The number of halogens is 3. The fraction of sp³-hybridized carbons (Fsp3) is 0.250. The summed E-state index contributed by atoms with van der Waals surface area (Å²) in [6.45, 7) is 0.946. The molecule has 1 heterocycles. The zero-order valence-electron chi connectivity index (χ0n) is 12.1. The lowest BCUT2D eigenvalue weighted by molar-refractivity contribution is -0.137. The molecule has 118 valence electrons. The van der Waals surface area contributed by atoms with E-state index in [1.807, 2.05) is 24.3 Å². The van der Waals surface area contributed by atoms with Gasteiger partial charge in [-0.25, -0.2) is 0 Å². The largest absolute Gasteiger partial charge is 0.418 e. The average molecular weight is 318 g/mol. The van der Waals surface area contributed by atoms with Crippen molar-refractivity contribution in [3.05, 3.63) is 69.6 Å². The molecular weight excluding hydrogens is 305 g/mol. The van der Waals surface area contributed by atoms with E-state index in [1.54, 1.807) is 4.90 Å². The van der Waals surface area contributed by atoms with E-state index in [4.69, 9.17) is 5.53 Å². The molecule has 0 aromatic heterocycles. The van der Waals surface area contributed by atoms with Crippen LogP contribution < -0.4 is 4.90 Å². The number of rotatable bonds is 2. The zero-order chi connectivity index (χ0) is 16.4. The van der Waals surface area contributed by atoms with Gasteiger partial charge in [0.1, 0.15) is 0 Å². The normalized spacial score (nSPS) is 14.1. The Morgan fingerprint density at radius 1 is 1.09 bits per heavy atom. The Balaban J connectivity index is 2.01. The lowest BCUT2D eigenvalue weighted by Gasteiger charge is -2.32. The van der Waals surface area contributed by atoms with E-state index >= 15 is 0 Å². The number of alkyl halides is 3. The fourth-order valence-corrected chi connectivity index (χ4v) is 2.84. The Morgan fingerprint density at radius 2 is 1.83 bits per heavy atom. The van der Waals surface area contributed by atoms with Gasteiger partial charge in [0.15, 0.2) is 0 Å². The molecule has 2 aromatic carbocycles. The number of anilines is 1. The highest BCUT2D eigenvalue weighted by Gasteiger charge is 2.35. The van der Waals surface area contributed by atoms with Crippen molar-refractivity contribution in [1.82, 2.24) is 0 Å². The summed E-state index contributed by atoms with van der Waals surface area (Å²) in [5, 5.41) is 3.27. The molecule has 0 amide bonds. The molecule has 1 aliphatic heterocycles. The summed E-state index contributed by atoms with van der Waals surface area (Å²) in [5.74, 6) is 0. The summed E-state index contributed by atoms with van der Waals surface area (Å²) >= 11 is 0. The van der Waals surface area contributed by atoms with Gasteiger partial charge in [0, 0.05) is 29.4 Å².